The summed E-state index contributed by atoms with van der Waals surface area (Å²) in [6, 6.07) is 23.1. The molecular formula is C34H45NO7S2. The van der Waals surface area contributed by atoms with Gasteiger partial charge in [0.1, 0.15) is 11.5 Å². The highest BCUT2D eigenvalue weighted by molar-refractivity contribution is 8.33. The number of rotatable bonds is 13. The van der Waals surface area contributed by atoms with Gasteiger partial charge in [-0.1, -0.05) is 13.3 Å². The zero-order valence-electron chi connectivity index (χ0n) is 26.0. The average molecular weight is 644 g/mol. The first-order valence-electron chi connectivity index (χ1n) is 15.6. The molecule has 2 atom stereocenters. The molecular weight excluding hydrogens is 599 g/mol. The first-order chi connectivity index (χ1) is 21.3. The van der Waals surface area contributed by atoms with Crippen molar-refractivity contribution in [2.45, 2.75) is 85.6 Å². The molecule has 2 saturated heterocycles. The molecule has 0 spiro atoms. The monoisotopic (exact) mass is 643 g/mol. The van der Waals surface area contributed by atoms with E-state index in [1.54, 1.807) is 0 Å². The van der Waals surface area contributed by atoms with E-state index in [1.807, 2.05) is 98.7 Å². The van der Waals surface area contributed by atoms with Gasteiger partial charge < -0.3 is 23.8 Å². The Balaban J connectivity index is 1.58. The molecule has 0 bridgehead atoms. The number of unbranched alkanes of at least 4 members (excludes halogenated alkanes) is 1. The van der Waals surface area contributed by atoms with E-state index >= 15 is 0 Å². The van der Waals surface area contributed by atoms with E-state index in [2.05, 4.69) is 0 Å². The van der Waals surface area contributed by atoms with E-state index in [0.717, 1.165) is 65.3 Å². The summed E-state index contributed by atoms with van der Waals surface area (Å²) in [6.07, 6.45) is 6.59. The summed E-state index contributed by atoms with van der Waals surface area (Å²) >= 11 is 0. The molecule has 240 valence electrons. The van der Waals surface area contributed by atoms with E-state index in [9.17, 15) is 8.42 Å². The molecule has 8 nitrogen and oxygen atoms in total. The number of anilines is 1. The maximum atomic E-state index is 13.7. The van der Waals surface area contributed by atoms with Gasteiger partial charge in [0, 0.05) is 47.3 Å². The molecule has 0 radical (unpaired) electrons. The van der Waals surface area contributed by atoms with Crippen molar-refractivity contribution in [3.8, 4) is 11.5 Å². The van der Waals surface area contributed by atoms with Gasteiger partial charge in [-0.2, -0.15) is 8.42 Å². The van der Waals surface area contributed by atoms with Crippen LogP contribution in [0.4, 0.5) is 5.69 Å². The van der Waals surface area contributed by atoms with Crippen LogP contribution >= 0.6 is 10.3 Å². The fraction of sp³-hybridized carbons (Fsp3) is 0.471. The predicted octanol–water partition coefficient (Wildman–Crippen LogP) is 7.91. The summed E-state index contributed by atoms with van der Waals surface area (Å²) in [5.74, 6) is 1.28. The van der Waals surface area contributed by atoms with E-state index in [1.165, 1.54) is 0 Å². The van der Waals surface area contributed by atoms with Gasteiger partial charge in [-0.15, -0.1) is 0 Å². The van der Waals surface area contributed by atoms with E-state index in [-0.39, 0.29) is 18.3 Å². The molecule has 2 aliphatic rings. The highest BCUT2D eigenvalue weighted by atomic mass is 32.3. The third-order valence-corrected chi connectivity index (χ3v) is 13.0. The fourth-order valence-corrected chi connectivity index (χ4v) is 10.8. The zero-order valence-corrected chi connectivity index (χ0v) is 27.6. The summed E-state index contributed by atoms with van der Waals surface area (Å²) in [6.45, 7) is 3.35. The molecule has 2 unspecified atom stereocenters. The summed E-state index contributed by atoms with van der Waals surface area (Å²) in [7, 11) is -2.70. The van der Waals surface area contributed by atoms with Crippen LogP contribution in [0.3, 0.4) is 0 Å². The van der Waals surface area contributed by atoms with Crippen molar-refractivity contribution in [3.63, 3.8) is 0 Å². The Labute approximate surface area is 264 Å². The largest absolute Gasteiger partial charge is 0.465 e. The van der Waals surface area contributed by atoms with Gasteiger partial charge in [-0.3, -0.25) is 0 Å². The van der Waals surface area contributed by atoms with Crippen LogP contribution in [0.2, 0.25) is 0 Å². The normalized spacial score (nSPS) is 21.2. The van der Waals surface area contributed by atoms with Crippen molar-refractivity contribution in [3.05, 3.63) is 72.8 Å². The van der Waals surface area contributed by atoms with E-state index < -0.39 is 20.4 Å². The van der Waals surface area contributed by atoms with Crippen molar-refractivity contribution in [1.82, 2.24) is 0 Å². The lowest BCUT2D eigenvalue weighted by atomic mass is 10.2. The molecule has 44 heavy (non-hydrogen) atoms. The predicted molar refractivity (Wildman–Crippen MR) is 174 cm³/mol. The molecule has 2 fully saturated rings. The molecule has 3 aromatic carbocycles. The number of ether oxygens (including phenoxy) is 4. The van der Waals surface area contributed by atoms with Gasteiger partial charge in [-0.25, -0.2) is 3.63 Å². The van der Waals surface area contributed by atoms with Crippen LogP contribution in [0.1, 0.15) is 58.3 Å². The number of nitrogens with zero attached hydrogens (tertiary/aromatic N) is 1. The first kappa shape index (κ1) is 32.6. The maximum absolute atomic E-state index is 13.7. The summed E-state index contributed by atoms with van der Waals surface area (Å²) in [4.78, 5) is 4.28. The topological polar surface area (TPSA) is 83.5 Å². The second-order valence-electron chi connectivity index (χ2n) is 11.4. The first-order valence-corrected chi connectivity index (χ1v) is 18.7. The summed E-state index contributed by atoms with van der Waals surface area (Å²) in [5.41, 5.74) is 1.00. The van der Waals surface area contributed by atoms with Crippen molar-refractivity contribution >= 4 is 26.1 Å². The second-order valence-corrected chi connectivity index (χ2v) is 16.0. The maximum Gasteiger partial charge on any atom is 0.277 e. The molecule has 2 heterocycles. The molecule has 3 aromatic rings. The number of benzene rings is 3. The van der Waals surface area contributed by atoms with Crippen LogP contribution in [-0.2, 0) is 23.2 Å². The lowest BCUT2D eigenvalue weighted by molar-refractivity contribution is -0.106. The number of hydrogen-bond acceptors (Lipinski definition) is 8. The van der Waals surface area contributed by atoms with Crippen LogP contribution in [0, 0.1) is 0 Å². The second kappa shape index (κ2) is 15.0. The molecule has 0 aromatic heterocycles. The van der Waals surface area contributed by atoms with Gasteiger partial charge >= 0.3 is 0 Å². The lowest BCUT2D eigenvalue weighted by Gasteiger charge is -2.39. The Kier molecular flexibility index (Phi) is 11.1. The van der Waals surface area contributed by atoms with Gasteiger partial charge in [0.25, 0.3) is 10.1 Å². The molecule has 0 saturated carbocycles. The van der Waals surface area contributed by atoms with Crippen molar-refractivity contribution in [1.29, 1.82) is 0 Å². The van der Waals surface area contributed by atoms with Crippen molar-refractivity contribution in [2.24, 2.45) is 0 Å². The SMILES string of the molecule is CCCCS(=O)(=O)OS(c1ccc(OC2CCCCO2)cc1)(c1ccc(OC2CCCCO2)cc1)c1ccc(N(C)C)cc1. The Morgan fingerprint density at radius 1 is 0.705 bits per heavy atom. The van der Waals surface area contributed by atoms with Gasteiger partial charge in [0.15, 0.2) is 12.6 Å². The van der Waals surface area contributed by atoms with Crippen molar-refractivity contribution < 1.29 is 31.0 Å². The van der Waals surface area contributed by atoms with Crippen LogP contribution in [0.15, 0.2) is 87.5 Å². The molecule has 10 heteroatoms. The van der Waals surface area contributed by atoms with Crippen LogP contribution in [0.5, 0.6) is 11.5 Å². The third kappa shape index (κ3) is 8.09. The molecule has 0 amide bonds. The average Bonchev–Trinajstić information content (AvgIpc) is 3.04. The third-order valence-electron chi connectivity index (χ3n) is 7.76. The van der Waals surface area contributed by atoms with Crippen LogP contribution in [-0.4, -0.2) is 54.1 Å². The Morgan fingerprint density at radius 2 is 1.16 bits per heavy atom. The van der Waals surface area contributed by atoms with Gasteiger partial charge in [0.2, 0.25) is 0 Å². The standard InChI is InChI=1S/C34H45NO7S2/c1-4-5-26-43(36,37)42-44(30-18-12-27(13-19-30)35(2)3,31-20-14-28(15-21-31)40-33-10-6-8-24-38-33)32-22-16-29(17-23-32)41-34-11-7-9-25-39-34/h12-23,33-34H,4-11,24-26H2,1-3H3. The van der Waals surface area contributed by atoms with Crippen molar-refractivity contribution in [2.75, 3.05) is 38.0 Å². The minimum Gasteiger partial charge on any atom is -0.465 e. The smallest absolute Gasteiger partial charge is 0.277 e. The molecule has 0 N–H and O–H groups in total. The lowest BCUT2D eigenvalue weighted by Crippen LogP contribution is -2.25. The Morgan fingerprint density at radius 3 is 1.55 bits per heavy atom. The van der Waals surface area contributed by atoms with Crippen LogP contribution < -0.4 is 14.4 Å². The minimum atomic E-state index is -3.91. The summed E-state index contributed by atoms with van der Waals surface area (Å²) < 4.78 is 57.6. The Hall–Kier alpha value is -2.76. The van der Waals surface area contributed by atoms with E-state index in [0.29, 0.717) is 31.1 Å². The molecule has 2 aliphatic heterocycles. The molecule has 0 aliphatic carbocycles. The summed E-state index contributed by atoms with van der Waals surface area (Å²) in [5, 5.41) is 0. The highest BCUT2D eigenvalue weighted by Crippen LogP contribution is 2.70. The quantitative estimate of drug-likeness (QED) is 0.186. The van der Waals surface area contributed by atoms with Gasteiger partial charge in [0.05, 0.1) is 19.0 Å². The van der Waals surface area contributed by atoms with Gasteiger partial charge in [-0.05, 0) is 115 Å². The Bertz CT molecular complexity index is 1350. The minimum absolute atomic E-state index is 0.0611. The van der Waals surface area contributed by atoms with E-state index in [4.69, 9.17) is 22.6 Å². The number of hydrogen-bond donors (Lipinski definition) is 0. The fourth-order valence-electron chi connectivity index (χ4n) is 5.30. The highest BCUT2D eigenvalue weighted by Gasteiger charge is 2.38. The zero-order chi connectivity index (χ0) is 31.0. The molecule has 5 rings (SSSR count). The van der Waals surface area contributed by atoms with Crippen LogP contribution in [0.25, 0.3) is 0 Å².